The van der Waals surface area contributed by atoms with Crippen LogP contribution < -0.4 is 5.73 Å². The van der Waals surface area contributed by atoms with Crippen molar-refractivity contribution in [1.82, 2.24) is 0 Å². The summed E-state index contributed by atoms with van der Waals surface area (Å²) in [5.74, 6) is 0.922. The molecule has 3 aliphatic carbocycles. The number of carbonyl (C=O) groups excluding carboxylic acids is 1. The quantitative estimate of drug-likeness (QED) is 0.727. The Hall–Kier alpha value is -0.450. The Balaban J connectivity index is 1.85. The highest BCUT2D eigenvalue weighted by Gasteiger charge is 2.58. The predicted molar refractivity (Wildman–Crippen MR) is 85.1 cm³/mol. The molecule has 0 heterocycles. The average molecular weight is 309 g/mol. The van der Waals surface area contributed by atoms with Crippen molar-refractivity contribution in [2.24, 2.45) is 34.3 Å². The molecule has 0 spiro atoms. The minimum absolute atomic E-state index is 0.0135. The number of Topliss-reactive ketones (excluding diaryl/α,β-unsaturated/α-hetero) is 1. The van der Waals surface area contributed by atoms with Gasteiger partial charge in [0, 0.05) is 11.8 Å². The highest BCUT2D eigenvalue weighted by molar-refractivity contribution is 5.87. The van der Waals surface area contributed by atoms with Crippen LogP contribution in [-0.2, 0) is 4.79 Å². The minimum Gasteiger partial charge on any atom is -0.393 e. The molecule has 0 bridgehead atoms. The molecule has 3 rings (SSSR count). The molecule has 0 saturated heterocycles. The summed E-state index contributed by atoms with van der Waals surface area (Å²) >= 11 is 0. The lowest BCUT2D eigenvalue weighted by Gasteiger charge is -2.54. The maximum absolute atomic E-state index is 12.2. The van der Waals surface area contributed by atoms with E-state index in [4.69, 9.17) is 5.73 Å². The van der Waals surface area contributed by atoms with Crippen LogP contribution in [0.2, 0.25) is 0 Å². The molecule has 0 aromatic carbocycles. The number of carbonyl (C=O) groups is 1. The first-order chi connectivity index (χ1) is 10.3. The van der Waals surface area contributed by atoms with Gasteiger partial charge in [0.2, 0.25) is 0 Å². The largest absolute Gasteiger partial charge is 0.393 e. The topological polar surface area (TPSA) is 83.6 Å². The molecule has 0 aromatic rings. The molecule has 4 N–H and O–H groups in total. The van der Waals surface area contributed by atoms with E-state index in [0.29, 0.717) is 18.7 Å². The van der Waals surface area contributed by atoms with Gasteiger partial charge in [-0.1, -0.05) is 13.8 Å². The van der Waals surface area contributed by atoms with Crippen LogP contribution in [0.25, 0.3) is 0 Å². The molecule has 0 amide bonds. The zero-order valence-electron chi connectivity index (χ0n) is 13.9. The number of aliphatic hydroxyl groups is 2. The van der Waals surface area contributed by atoms with Crippen molar-refractivity contribution >= 4 is 5.78 Å². The van der Waals surface area contributed by atoms with Gasteiger partial charge >= 0.3 is 0 Å². The molecule has 0 aliphatic heterocycles. The maximum atomic E-state index is 12.2. The van der Waals surface area contributed by atoms with Crippen molar-refractivity contribution in [3.05, 3.63) is 0 Å². The van der Waals surface area contributed by atoms with Gasteiger partial charge in [0.25, 0.3) is 0 Å². The van der Waals surface area contributed by atoms with Crippen molar-refractivity contribution in [3.8, 4) is 0 Å². The van der Waals surface area contributed by atoms with Crippen molar-refractivity contribution in [3.63, 3.8) is 0 Å². The fourth-order valence-electron chi connectivity index (χ4n) is 5.85. The van der Waals surface area contributed by atoms with Gasteiger partial charge in [0.05, 0.1) is 12.2 Å². The number of nitrogens with two attached hydrogens (primary N) is 1. The van der Waals surface area contributed by atoms with Gasteiger partial charge in [0.15, 0.2) is 0 Å². The highest BCUT2D eigenvalue weighted by Crippen LogP contribution is 2.58. The predicted octanol–water partition coefficient (Wildman–Crippen LogP) is 1.87. The van der Waals surface area contributed by atoms with Gasteiger partial charge in [-0.2, -0.15) is 0 Å². The molecule has 3 aliphatic rings. The summed E-state index contributed by atoms with van der Waals surface area (Å²) in [6.45, 7) is 4.88. The van der Waals surface area contributed by atoms with Crippen LogP contribution in [0.3, 0.4) is 0 Å². The van der Waals surface area contributed by atoms with E-state index in [1.165, 1.54) is 0 Å². The van der Waals surface area contributed by atoms with Crippen LogP contribution in [0.15, 0.2) is 0 Å². The van der Waals surface area contributed by atoms with Gasteiger partial charge in [-0.3, -0.25) is 4.79 Å². The molecule has 22 heavy (non-hydrogen) atoms. The molecular formula is C18H31NO3. The monoisotopic (exact) mass is 309 g/mol. The summed E-state index contributed by atoms with van der Waals surface area (Å²) in [6.07, 6.45) is 5.08. The van der Waals surface area contributed by atoms with Gasteiger partial charge < -0.3 is 15.9 Å². The number of rotatable bonds is 2. The minimum atomic E-state index is -0.403. The Morgan fingerprint density at radius 1 is 1.14 bits per heavy atom. The first-order valence-corrected chi connectivity index (χ1v) is 8.92. The Bertz CT molecular complexity index is 454. The third kappa shape index (κ3) is 2.26. The van der Waals surface area contributed by atoms with Crippen molar-refractivity contribution < 1.29 is 15.0 Å². The zero-order valence-corrected chi connectivity index (χ0v) is 13.9. The smallest absolute Gasteiger partial charge is 0.139 e. The summed E-state index contributed by atoms with van der Waals surface area (Å²) in [5, 5.41) is 21.0. The average Bonchev–Trinajstić information content (AvgIpc) is 2.78. The summed E-state index contributed by atoms with van der Waals surface area (Å²) in [7, 11) is 0. The number of hydrogen-bond acceptors (Lipinski definition) is 4. The summed E-state index contributed by atoms with van der Waals surface area (Å²) in [4.78, 5) is 12.2. The molecule has 0 radical (unpaired) electrons. The highest BCUT2D eigenvalue weighted by atomic mass is 16.3. The third-order valence-corrected chi connectivity index (χ3v) is 7.57. The Kier molecular flexibility index (Phi) is 4.15. The lowest BCUT2D eigenvalue weighted by Crippen LogP contribution is -2.54. The molecule has 126 valence electrons. The molecule has 4 nitrogen and oxygen atoms in total. The lowest BCUT2D eigenvalue weighted by atomic mass is 9.52. The van der Waals surface area contributed by atoms with Crippen LogP contribution in [0.1, 0.15) is 58.8 Å². The molecule has 0 aromatic heterocycles. The van der Waals surface area contributed by atoms with E-state index < -0.39 is 6.10 Å². The van der Waals surface area contributed by atoms with E-state index in [9.17, 15) is 15.0 Å². The maximum Gasteiger partial charge on any atom is 0.139 e. The van der Waals surface area contributed by atoms with Crippen molar-refractivity contribution in [2.45, 2.75) is 71.0 Å². The van der Waals surface area contributed by atoms with Crippen LogP contribution in [0.4, 0.5) is 0 Å². The first kappa shape index (κ1) is 16.4. The second kappa shape index (κ2) is 5.57. The first-order valence-electron chi connectivity index (χ1n) is 8.92. The van der Waals surface area contributed by atoms with Gasteiger partial charge in [-0.15, -0.1) is 0 Å². The SMILES string of the molecule is C[C@]12CCC([C@@]3(C)CC[C@H](O)C[C@@H]3CN)[C@H](O)C1CCC2=O. The van der Waals surface area contributed by atoms with E-state index in [1.807, 2.05) is 0 Å². The van der Waals surface area contributed by atoms with Crippen molar-refractivity contribution in [2.75, 3.05) is 6.54 Å². The molecule has 2 unspecified atom stereocenters. The molecule has 3 saturated carbocycles. The third-order valence-electron chi connectivity index (χ3n) is 7.57. The number of aliphatic hydroxyl groups excluding tert-OH is 2. The van der Waals surface area contributed by atoms with E-state index in [0.717, 1.165) is 38.5 Å². The van der Waals surface area contributed by atoms with Gasteiger partial charge in [-0.05, 0) is 68.2 Å². The van der Waals surface area contributed by atoms with Crippen LogP contribution >= 0.6 is 0 Å². The molecule has 4 heteroatoms. The Morgan fingerprint density at radius 2 is 1.86 bits per heavy atom. The van der Waals surface area contributed by atoms with Gasteiger partial charge in [-0.25, -0.2) is 0 Å². The number of hydrogen-bond donors (Lipinski definition) is 3. The second-order valence-electron chi connectivity index (χ2n) is 8.49. The second-order valence-corrected chi connectivity index (χ2v) is 8.49. The number of ketones is 1. The Morgan fingerprint density at radius 3 is 2.55 bits per heavy atom. The standard InChI is InChI=1S/C18H31NO3/c1-17(7-5-12(20)9-11(17)10-19)14-6-8-18(2)13(16(14)22)3-4-15(18)21/h11-14,16,20,22H,3-10,19H2,1-2H3/t11-,12+,13?,14?,16-,17+,18+/m1/s1. The van der Waals surface area contributed by atoms with Crippen LogP contribution in [0, 0.1) is 28.6 Å². The van der Waals surface area contributed by atoms with E-state index >= 15 is 0 Å². The fourth-order valence-corrected chi connectivity index (χ4v) is 5.85. The number of fused-ring (bicyclic) bond motifs is 1. The zero-order chi connectivity index (χ0) is 16.1. The van der Waals surface area contributed by atoms with Crippen molar-refractivity contribution in [1.29, 1.82) is 0 Å². The van der Waals surface area contributed by atoms with Gasteiger partial charge in [0.1, 0.15) is 5.78 Å². The summed E-state index contributed by atoms with van der Waals surface area (Å²) in [6, 6.07) is 0. The Labute approximate surface area is 133 Å². The van der Waals surface area contributed by atoms with Crippen LogP contribution in [0.5, 0.6) is 0 Å². The fraction of sp³-hybridized carbons (Fsp3) is 0.944. The van der Waals surface area contributed by atoms with Crippen LogP contribution in [-0.4, -0.2) is 34.7 Å². The molecular weight excluding hydrogens is 278 g/mol. The lowest BCUT2D eigenvalue weighted by molar-refractivity contribution is -0.144. The summed E-state index contributed by atoms with van der Waals surface area (Å²) < 4.78 is 0. The molecule has 7 atom stereocenters. The van der Waals surface area contributed by atoms with E-state index in [1.54, 1.807) is 0 Å². The van der Waals surface area contributed by atoms with E-state index in [2.05, 4.69) is 13.8 Å². The molecule has 3 fully saturated rings. The normalized spacial score (nSPS) is 52.6. The summed E-state index contributed by atoms with van der Waals surface area (Å²) in [5.41, 5.74) is 5.68. The van der Waals surface area contributed by atoms with E-state index in [-0.39, 0.29) is 34.7 Å².